The highest BCUT2D eigenvalue weighted by Crippen LogP contribution is 2.12. The Morgan fingerprint density at radius 3 is 2.37 bits per heavy atom. The van der Waals surface area contributed by atoms with Crippen molar-refractivity contribution in [1.82, 2.24) is 10.2 Å². The Balaban J connectivity index is 0.00000450. The number of hydrogen-bond acceptors (Lipinski definition) is 4. The first-order chi connectivity index (χ1) is 14.1. The maximum Gasteiger partial charge on any atom is 0.255 e. The number of nitrogens with two attached hydrogens (primary N) is 1. The maximum atomic E-state index is 10.8. The van der Waals surface area contributed by atoms with Crippen molar-refractivity contribution in [3.05, 3.63) is 60.2 Å². The summed E-state index contributed by atoms with van der Waals surface area (Å²) in [6.07, 6.45) is 0.805. The Hall–Kier alpha value is -2.49. The largest absolute Gasteiger partial charge is 0.492 e. The van der Waals surface area contributed by atoms with E-state index in [1.807, 2.05) is 61.6 Å². The fourth-order valence-electron chi connectivity index (χ4n) is 2.59. The van der Waals surface area contributed by atoms with Crippen molar-refractivity contribution in [1.29, 1.82) is 0 Å². The second-order valence-corrected chi connectivity index (χ2v) is 6.47. The molecular weight excluding hydrogens is 495 g/mol. The van der Waals surface area contributed by atoms with Crippen LogP contribution in [0.3, 0.4) is 0 Å². The number of halogens is 1. The molecule has 2 aromatic rings. The SMILES string of the molecule is CCNC(=NCCc1ccc(OCC(N)=O)cc1)N(C)CCOc1ccccc1.I. The third kappa shape index (κ3) is 9.82. The molecule has 1 amide bonds. The number of para-hydroxylation sites is 1. The molecule has 7 nitrogen and oxygen atoms in total. The van der Waals surface area contributed by atoms with Gasteiger partial charge in [0.1, 0.15) is 18.1 Å². The molecule has 164 valence electrons. The van der Waals surface area contributed by atoms with Crippen LogP contribution in [0.4, 0.5) is 0 Å². The zero-order valence-electron chi connectivity index (χ0n) is 17.5. The second kappa shape index (κ2) is 14.5. The normalized spacial score (nSPS) is 10.7. The Morgan fingerprint density at radius 1 is 1.07 bits per heavy atom. The lowest BCUT2D eigenvalue weighted by molar-refractivity contribution is -0.119. The number of rotatable bonds is 11. The quantitative estimate of drug-likeness (QED) is 0.267. The van der Waals surface area contributed by atoms with Crippen molar-refractivity contribution in [2.24, 2.45) is 10.7 Å². The Bertz CT molecular complexity index is 770. The number of carbonyl (C=O) groups excluding carboxylic acids is 1. The predicted molar refractivity (Wildman–Crippen MR) is 131 cm³/mol. The summed E-state index contributed by atoms with van der Waals surface area (Å²) in [7, 11) is 2.00. The Kier molecular flexibility index (Phi) is 12.3. The molecule has 0 saturated heterocycles. The lowest BCUT2D eigenvalue weighted by atomic mass is 10.1. The van der Waals surface area contributed by atoms with Crippen molar-refractivity contribution in [2.45, 2.75) is 13.3 Å². The molecule has 0 spiro atoms. The van der Waals surface area contributed by atoms with Gasteiger partial charge in [-0.15, -0.1) is 24.0 Å². The zero-order chi connectivity index (χ0) is 20.9. The molecule has 30 heavy (non-hydrogen) atoms. The minimum atomic E-state index is -0.488. The maximum absolute atomic E-state index is 10.8. The summed E-state index contributed by atoms with van der Waals surface area (Å²) in [4.78, 5) is 17.5. The number of aliphatic imine (C=N–C) groups is 1. The molecule has 2 aromatic carbocycles. The molecule has 0 bridgehead atoms. The molecule has 2 rings (SSSR count). The molecule has 0 radical (unpaired) electrons. The van der Waals surface area contributed by atoms with Crippen LogP contribution in [0, 0.1) is 0 Å². The van der Waals surface area contributed by atoms with E-state index >= 15 is 0 Å². The summed E-state index contributed by atoms with van der Waals surface area (Å²) < 4.78 is 11.0. The van der Waals surface area contributed by atoms with Crippen molar-refractivity contribution in [2.75, 3.05) is 39.9 Å². The van der Waals surface area contributed by atoms with Crippen LogP contribution in [-0.4, -0.2) is 56.7 Å². The second-order valence-electron chi connectivity index (χ2n) is 6.47. The number of nitrogens with one attached hydrogen (secondary N) is 1. The fraction of sp³-hybridized carbons (Fsp3) is 0.364. The van der Waals surface area contributed by atoms with Crippen LogP contribution in [0.5, 0.6) is 11.5 Å². The molecule has 0 aliphatic rings. The number of primary amides is 1. The van der Waals surface area contributed by atoms with Crippen LogP contribution < -0.4 is 20.5 Å². The Morgan fingerprint density at radius 2 is 1.73 bits per heavy atom. The molecule has 3 N–H and O–H groups in total. The van der Waals surface area contributed by atoms with Crippen LogP contribution in [-0.2, 0) is 11.2 Å². The number of benzene rings is 2. The van der Waals surface area contributed by atoms with Crippen molar-refractivity contribution in [3.8, 4) is 11.5 Å². The van der Waals surface area contributed by atoms with Gasteiger partial charge in [0.25, 0.3) is 5.91 Å². The molecule has 8 heteroatoms. The third-order valence-electron chi connectivity index (χ3n) is 4.10. The zero-order valence-corrected chi connectivity index (χ0v) is 19.9. The number of hydrogen-bond donors (Lipinski definition) is 2. The number of guanidine groups is 1. The van der Waals surface area contributed by atoms with Gasteiger partial charge in [0, 0.05) is 20.1 Å². The van der Waals surface area contributed by atoms with Crippen molar-refractivity contribution in [3.63, 3.8) is 0 Å². The van der Waals surface area contributed by atoms with Crippen LogP contribution in [0.25, 0.3) is 0 Å². The number of nitrogens with zero attached hydrogens (tertiary/aromatic N) is 2. The van der Waals surface area contributed by atoms with Gasteiger partial charge in [0.15, 0.2) is 12.6 Å². The van der Waals surface area contributed by atoms with Gasteiger partial charge in [-0.25, -0.2) is 0 Å². The van der Waals surface area contributed by atoms with Gasteiger partial charge in [0.2, 0.25) is 0 Å². The fourth-order valence-corrected chi connectivity index (χ4v) is 2.59. The van der Waals surface area contributed by atoms with Gasteiger partial charge < -0.3 is 25.4 Å². The van der Waals surface area contributed by atoms with E-state index in [2.05, 4.69) is 17.1 Å². The van der Waals surface area contributed by atoms with Gasteiger partial charge in [-0.1, -0.05) is 30.3 Å². The molecular formula is C22H31IN4O3. The average molecular weight is 526 g/mol. The average Bonchev–Trinajstić information content (AvgIpc) is 2.73. The molecule has 0 unspecified atom stereocenters. The summed E-state index contributed by atoms with van der Waals surface area (Å²) in [5.74, 6) is 1.86. The van der Waals surface area contributed by atoms with Crippen LogP contribution >= 0.6 is 24.0 Å². The molecule has 0 aliphatic heterocycles. The topological polar surface area (TPSA) is 89.2 Å². The van der Waals surface area contributed by atoms with Crippen molar-refractivity contribution >= 4 is 35.8 Å². The van der Waals surface area contributed by atoms with E-state index in [0.29, 0.717) is 18.9 Å². The van der Waals surface area contributed by atoms with Crippen molar-refractivity contribution < 1.29 is 14.3 Å². The highest BCUT2D eigenvalue weighted by Gasteiger charge is 2.06. The van der Waals surface area contributed by atoms with Gasteiger partial charge in [-0.3, -0.25) is 9.79 Å². The van der Waals surface area contributed by atoms with Gasteiger partial charge >= 0.3 is 0 Å². The van der Waals surface area contributed by atoms with Gasteiger partial charge in [0.05, 0.1) is 6.54 Å². The number of likely N-dealkylation sites (N-methyl/N-ethyl adjacent to an activating group) is 1. The van der Waals surface area contributed by atoms with Gasteiger partial charge in [-0.2, -0.15) is 0 Å². The van der Waals surface area contributed by atoms with Crippen LogP contribution in [0.1, 0.15) is 12.5 Å². The molecule has 0 heterocycles. The first kappa shape index (κ1) is 25.5. The Labute approximate surface area is 195 Å². The van der Waals surface area contributed by atoms with Crippen LogP contribution in [0.2, 0.25) is 0 Å². The predicted octanol–water partition coefficient (Wildman–Crippen LogP) is 2.69. The first-order valence-electron chi connectivity index (χ1n) is 9.76. The molecule has 0 saturated carbocycles. The summed E-state index contributed by atoms with van der Waals surface area (Å²) in [5, 5.41) is 3.31. The molecule has 0 fully saturated rings. The lowest BCUT2D eigenvalue weighted by Crippen LogP contribution is -2.41. The third-order valence-corrected chi connectivity index (χ3v) is 4.10. The highest BCUT2D eigenvalue weighted by atomic mass is 127. The van der Waals surface area contributed by atoms with Crippen LogP contribution in [0.15, 0.2) is 59.6 Å². The molecule has 0 atom stereocenters. The highest BCUT2D eigenvalue weighted by molar-refractivity contribution is 14.0. The molecule has 0 aromatic heterocycles. The smallest absolute Gasteiger partial charge is 0.255 e. The summed E-state index contributed by atoms with van der Waals surface area (Å²) in [5.41, 5.74) is 6.22. The first-order valence-corrected chi connectivity index (χ1v) is 9.76. The minimum absolute atomic E-state index is 0. The molecule has 0 aliphatic carbocycles. The van der Waals surface area contributed by atoms with E-state index < -0.39 is 5.91 Å². The summed E-state index contributed by atoms with van der Waals surface area (Å²) in [6.45, 7) is 4.71. The van der Waals surface area contributed by atoms with E-state index in [9.17, 15) is 4.79 Å². The lowest BCUT2D eigenvalue weighted by Gasteiger charge is -2.22. The van der Waals surface area contributed by atoms with E-state index in [1.54, 1.807) is 0 Å². The monoisotopic (exact) mass is 526 g/mol. The summed E-state index contributed by atoms with van der Waals surface area (Å²) in [6, 6.07) is 17.4. The summed E-state index contributed by atoms with van der Waals surface area (Å²) >= 11 is 0. The number of carbonyl (C=O) groups is 1. The van der Waals surface area contributed by atoms with E-state index in [1.165, 1.54) is 0 Å². The number of amides is 1. The van der Waals surface area contributed by atoms with E-state index in [-0.39, 0.29) is 30.6 Å². The van der Waals surface area contributed by atoms with E-state index in [0.717, 1.165) is 36.8 Å². The van der Waals surface area contributed by atoms with Gasteiger partial charge in [-0.05, 0) is 43.2 Å². The number of ether oxygens (including phenoxy) is 2. The van der Waals surface area contributed by atoms with E-state index in [4.69, 9.17) is 20.2 Å². The minimum Gasteiger partial charge on any atom is -0.492 e. The standard InChI is InChI=1S/C22H30N4O3.HI/c1-3-24-22(26(2)15-16-28-19-7-5-4-6-8-19)25-14-13-18-9-11-20(12-10-18)29-17-21(23)27;/h4-12H,3,13-17H2,1-2H3,(H2,23,27)(H,24,25);1H.